The summed E-state index contributed by atoms with van der Waals surface area (Å²) in [5, 5.41) is 10.4. The second-order valence-corrected chi connectivity index (χ2v) is 9.64. The summed E-state index contributed by atoms with van der Waals surface area (Å²) in [5.41, 5.74) is 0.998. The average Bonchev–Trinajstić information content (AvgIpc) is 3.17. The van der Waals surface area contributed by atoms with E-state index in [0.29, 0.717) is 19.5 Å². The molecular formula is C18H25N3O3S2. The van der Waals surface area contributed by atoms with E-state index in [1.807, 2.05) is 31.2 Å². The molecule has 1 aliphatic rings. The van der Waals surface area contributed by atoms with E-state index in [1.165, 1.54) is 0 Å². The van der Waals surface area contributed by atoms with Crippen LogP contribution < -0.4 is 4.74 Å². The third-order valence-electron chi connectivity index (χ3n) is 4.66. The van der Waals surface area contributed by atoms with Crippen LogP contribution in [0.1, 0.15) is 43.5 Å². The van der Waals surface area contributed by atoms with E-state index in [4.69, 9.17) is 4.74 Å². The SMILES string of the molecule is CCCCS(=O)(=O)N1CCCC(c2nnc(-c3ccc(OC)cc3)s2)C1. The first-order valence-electron chi connectivity index (χ1n) is 8.99. The molecule has 1 aromatic carbocycles. The van der Waals surface area contributed by atoms with Gasteiger partial charge in [0.2, 0.25) is 10.0 Å². The zero-order valence-corrected chi connectivity index (χ0v) is 16.9. The molecule has 2 heterocycles. The lowest BCUT2D eigenvalue weighted by atomic mass is 10.0. The molecule has 0 saturated carbocycles. The van der Waals surface area contributed by atoms with Gasteiger partial charge in [-0.15, -0.1) is 10.2 Å². The van der Waals surface area contributed by atoms with Gasteiger partial charge in [0, 0.05) is 24.6 Å². The maximum absolute atomic E-state index is 12.5. The van der Waals surface area contributed by atoms with Gasteiger partial charge in [-0.05, 0) is 43.5 Å². The molecule has 1 unspecified atom stereocenters. The van der Waals surface area contributed by atoms with Gasteiger partial charge in [-0.3, -0.25) is 0 Å². The molecule has 2 aromatic rings. The van der Waals surface area contributed by atoms with Gasteiger partial charge < -0.3 is 4.74 Å². The molecule has 0 radical (unpaired) electrons. The fraction of sp³-hybridized carbons (Fsp3) is 0.556. The largest absolute Gasteiger partial charge is 0.497 e. The number of unbranched alkanes of at least 4 members (excludes halogenated alkanes) is 1. The standard InChI is InChI=1S/C18H25N3O3S2/c1-3-4-12-26(22,23)21-11-5-6-15(13-21)18-20-19-17(25-18)14-7-9-16(24-2)10-8-14/h7-10,15H,3-6,11-13H2,1-2H3. The molecule has 8 heteroatoms. The summed E-state index contributed by atoms with van der Waals surface area (Å²) < 4.78 is 31.8. The Morgan fingerprint density at radius 3 is 2.73 bits per heavy atom. The first kappa shape index (κ1) is 19.3. The smallest absolute Gasteiger partial charge is 0.214 e. The Morgan fingerprint density at radius 1 is 1.27 bits per heavy atom. The molecule has 0 bridgehead atoms. The van der Waals surface area contributed by atoms with Gasteiger partial charge in [0.15, 0.2) is 0 Å². The molecule has 0 aliphatic carbocycles. The number of nitrogens with zero attached hydrogens (tertiary/aromatic N) is 3. The maximum Gasteiger partial charge on any atom is 0.214 e. The molecule has 3 rings (SSSR count). The average molecular weight is 396 g/mol. The predicted octanol–water partition coefficient (Wildman–Crippen LogP) is 3.52. The highest BCUT2D eigenvalue weighted by Gasteiger charge is 2.31. The van der Waals surface area contributed by atoms with E-state index >= 15 is 0 Å². The minimum absolute atomic E-state index is 0.129. The van der Waals surface area contributed by atoms with Crippen LogP contribution in [0.15, 0.2) is 24.3 Å². The number of hydrogen-bond donors (Lipinski definition) is 0. The van der Waals surface area contributed by atoms with E-state index in [0.717, 1.165) is 40.6 Å². The summed E-state index contributed by atoms with van der Waals surface area (Å²) in [5.74, 6) is 1.17. The van der Waals surface area contributed by atoms with Crippen molar-refractivity contribution in [3.63, 3.8) is 0 Å². The van der Waals surface area contributed by atoms with Crippen LogP contribution in [0.4, 0.5) is 0 Å². The van der Waals surface area contributed by atoms with Crippen LogP contribution in [0, 0.1) is 0 Å². The molecule has 1 atom stereocenters. The highest BCUT2D eigenvalue weighted by Crippen LogP contribution is 2.34. The number of aromatic nitrogens is 2. The summed E-state index contributed by atoms with van der Waals surface area (Å²) in [6.07, 6.45) is 3.42. The van der Waals surface area contributed by atoms with Gasteiger partial charge in [0.25, 0.3) is 0 Å². The monoisotopic (exact) mass is 395 g/mol. The number of piperidine rings is 1. The number of benzene rings is 1. The highest BCUT2D eigenvalue weighted by atomic mass is 32.2. The Hall–Kier alpha value is -1.51. The molecule has 0 spiro atoms. The van der Waals surface area contributed by atoms with Crippen LogP contribution in [0.3, 0.4) is 0 Å². The molecule has 1 aliphatic heterocycles. The lowest BCUT2D eigenvalue weighted by Gasteiger charge is -2.30. The number of methoxy groups -OCH3 is 1. The summed E-state index contributed by atoms with van der Waals surface area (Å²) in [6.45, 7) is 3.15. The van der Waals surface area contributed by atoms with Gasteiger partial charge >= 0.3 is 0 Å². The zero-order chi connectivity index (χ0) is 18.6. The first-order valence-corrected chi connectivity index (χ1v) is 11.4. The van der Waals surface area contributed by atoms with E-state index in [-0.39, 0.29) is 11.7 Å². The topological polar surface area (TPSA) is 72.4 Å². The van der Waals surface area contributed by atoms with Crippen molar-refractivity contribution in [3.8, 4) is 16.3 Å². The lowest BCUT2D eigenvalue weighted by Crippen LogP contribution is -2.40. The van der Waals surface area contributed by atoms with E-state index in [2.05, 4.69) is 10.2 Å². The van der Waals surface area contributed by atoms with Crippen molar-refractivity contribution < 1.29 is 13.2 Å². The molecule has 1 aromatic heterocycles. The molecule has 0 amide bonds. The van der Waals surface area contributed by atoms with Crippen molar-refractivity contribution in [1.82, 2.24) is 14.5 Å². The second kappa shape index (κ2) is 8.45. The third kappa shape index (κ3) is 4.42. The maximum atomic E-state index is 12.5. The van der Waals surface area contributed by atoms with Crippen molar-refractivity contribution in [2.45, 2.75) is 38.5 Å². The zero-order valence-electron chi connectivity index (χ0n) is 15.2. The van der Waals surface area contributed by atoms with Crippen LogP contribution in [0.25, 0.3) is 10.6 Å². The fourth-order valence-electron chi connectivity index (χ4n) is 3.10. The van der Waals surface area contributed by atoms with Gasteiger partial charge in [0.1, 0.15) is 15.8 Å². The molecule has 0 N–H and O–H groups in total. The van der Waals surface area contributed by atoms with Crippen LogP contribution in [0.2, 0.25) is 0 Å². The minimum atomic E-state index is -3.16. The van der Waals surface area contributed by atoms with Crippen LogP contribution in [-0.4, -0.2) is 48.9 Å². The molecule has 26 heavy (non-hydrogen) atoms. The Morgan fingerprint density at radius 2 is 2.04 bits per heavy atom. The molecule has 6 nitrogen and oxygen atoms in total. The Kier molecular flexibility index (Phi) is 6.26. The van der Waals surface area contributed by atoms with Crippen molar-refractivity contribution >= 4 is 21.4 Å². The van der Waals surface area contributed by atoms with Gasteiger partial charge in [-0.1, -0.05) is 24.7 Å². The molecule has 1 saturated heterocycles. The summed E-state index contributed by atoms with van der Waals surface area (Å²) in [7, 11) is -1.52. The van der Waals surface area contributed by atoms with Gasteiger partial charge in [0.05, 0.1) is 12.9 Å². The lowest BCUT2D eigenvalue weighted by molar-refractivity contribution is 0.314. The van der Waals surface area contributed by atoms with Crippen molar-refractivity contribution in [2.75, 3.05) is 26.0 Å². The van der Waals surface area contributed by atoms with E-state index < -0.39 is 10.0 Å². The number of hydrogen-bond acceptors (Lipinski definition) is 6. The summed E-state index contributed by atoms with van der Waals surface area (Å²) >= 11 is 1.55. The van der Waals surface area contributed by atoms with Crippen LogP contribution >= 0.6 is 11.3 Å². The number of rotatable bonds is 7. The predicted molar refractivity (Wildman–Crippen MR) is 104 cm³/mol. The van der Waals surface area contributed by atoms with Crippen molar-refractivity contribution in [3.05, 3.63) is 29.3 Å². The Labute approximate surface area is 159 Å². The Bertz CT molecular complexity index is 818. The van der Waals surface area contributed by atoms with Crippen LogP contribution in [-0.2, 0) is 10.0 Å². The van der Waals surface area contributed by atoms with E-state index in [1.54, 1.807) is 22.8 Å². The second-order valence-electron chi connectivity index (χ2n) is 6.54. The van der Waals surface area contributed by atoms with Gasteiger partial charge in [-0.2, -0.15) is 0 Å². The van der Waals surface area contributed by atoms with E-state index in [9.17, 15) is 8.42 Å². The van der Waals surface area contributed by atoms with Crippen molar-refractivity contribution in [2.24, 2.45) is 0 Å². The van der Waals surface area contributed by atoms with Gasteiger partial charge in [-0.25, -0.2) is 12.7 Å². The summed E-state index contributed by atoms with van der Waals surface area (Å²) in [6, 6.07) is 7.73. The normalized spacial score (nSPS) is 18.8. The molecular weight excluding hydrogens is 370 g/mol. The summed E-state index contributed by atoms with van der Waals surface area (Å²) in [4.78, 5) is 0. The minimum Gasteiger partial charge on any atom is -0.497 e. The fourth-order valence-corrected chi connectivity index (χ4v) is 5.80. The quantitative estimate of drug-likeness (QED) is 0.717. The number of sulfonamides is 1. The van der Waals surface area contributed by atoms with Crippen LogP contribution in [0.5, 0.6) is 5.75 Å². The molecule has 142 valence electrons. The molecule has 1 fully saturated rings. The first-order chi connectivity index (χ1) is 12.5. The number of ether oxygens (including phenoxy) is 1. The third-order valence-corrected chi connectivity index (χ3v) is 7.72. The Balaban J connectivity index is 1.72. The van der Waals surface area contributed by atoms with Crippen molar-refractivity contribution in [1.29, 1.82) is 0 Å². The highest BCUT2D eigenvalue weighted by molar-refractivity contribution is 7.89.